The van der Waals surface area contributed by atoms with Gasteiger partial charge in [0.15, 0.2) is 0 Å². The normalized spacial score (nSPS) is 12.6. The van der Waals surface area contributed by atoms with Crippen LogP contribution in [0.1, 0.15) is 29.9 Å². The molecule has 1 unspecified atom stereocenters. The van der Waals surface area contributed by atoms with Gasteiger partial charge >= 0.3 is 0 Å². The third-order valence-electron chi connectivity index (χ3n) is 3.02. The van der Waals surface area contributed by atoms with E-state index in [0.717, 1.165) is 23.8 Å². The number of rotatable bonds is 5. The Kier molecular flexibility index (Phi) is 4.39. The van der Waals surface area contributed by atoms with Gasteiger partial charge in [-0.1, -0.05) is 24.6 Å². The third kappa shape index (κ3) is 3.12. The average Bonchev–Trinajstić information content (AvgIpc) is 2.85. The lowest BCUT2D eigenvalue weighted by Gasteiger charge is -2.19. The van der Waals surface area contributed by atoms with Gasteiger partial charge in [-0.05, 0) is 36.7 Å². The number of imidazole rings is 1. The second kappa shape index (κ2) is 6.03. The van der Waals surface area contributed by atoms with Crippen molar-refractivity contribution in [3.63, 3.8) is 0 Å². The molecule has 0 saturated carbocycles. The number of aromatic amines is 1. The summed E-state index contributed by atoms with van der Waals surface area (Å²) in [6.07, 6.45) is 4.47. The van der Waals surface area contributed by atoms with Gasteiger partial charge in [0.05, 0.1) is 0 Å². The number of likely N-dealkylation sites (N-methyl/N-ethyl adjacent to an activating group) is 1. The van der Waals surface area contributed by atoms with Gasteiger partial charge < -0.3 is 10.3 Å². The third-order valence-corrected chi connectivity index (χ3v) is 3.25. The van der Waals surface area contributed by atoms with Gasteiger partial charge in [0, 0.05) is 29.9 Å². The summed E-state index contributed by atoms with van der Waals surface area (Å²) < 4.78 is 0. The number of hydrogen-bond acceptors (Lipinski definition) is 2. The van der Waals surface area contributed by atoms with E-state index in [1.54, 1.807) is 6.20 Å². The highest BCUT2D eigenvalue weighted by atomic mass is 35.5. The number of H-pyrrole nitrogens is 1. The van der Waals surface area contributed by atoms with Crippen molar-refractivity contribution < 1.29 is 0 Å². The molecule has 0 amide bonds. The van der Waals surface area contributed by atoms with Crippen LogP contribution in [-0.2, 0) is 6.42 Å². The first kappa shape index (κ1) is 13.1. The van der Waals surface area contributed by atoms with Crippen LogP contribution in [0.2, 0.25) is 5.02 Å². The van der Waals surface area contributed by atoms with Gasteiger partial charge in [0.2, 0.25) is 0 Å². The minimum absolute atomic E-state index is 0.236. The molecule has 2 aromatic rings. The van der Waals surface area contributed by atoms with E-state index in [2.05, 4.69) is 35.2 Å². The fourth-order valence-electron chi connectivity index (χ4n) is 2.13. The first-order valence-corrected chi connectivity index (χ1v) is 6.56. The lowest BCUT2D eigenvalue weighted by molar-refractivity contribution is 0.537. The van der Waals surface area contributed by atoms with E-state index in [1.165, 1.54) is 11.1 Å². The van der Waals surface area contributed by atoms with E-state index in [1.807, 2.05) is 18.3 Å². The van der Waals surface area contributed by atoms with Gasteiger partial charge in [0.1, 0.15) is 5.82 Å². The van der Waals surface area contributed by atoms with Gasteiger partial charge in [-0.3, -0.25) is 0 Å². The largest absolute Gasteiger partial charge is 0.349 e. The molecule has 0 radical (unpaired) electrons. The number of nitrogens with one attached hydrogen (secondary N) is 2. The monoisotopic (exact) mass is 263 g/mol. The standard InChI is InChI=1S/C14H18ClN3/c1-3-16-13(9-14-17-6-7-18-14)12-8-11(15)5-4-10(12)2/h4-8,13,16H,3,9H2,1-2H3,(H,17,18). The zero-order chi connectivity index (χ0) is 13.0. The van der Waals surface area contributed by atoms with E-state index in [-0.39, 0.29) is 6.04 Å². The van der Waals surface area contributed by atoms with E-state index in [0.29, 0.717) is 0 Å². The van der Waals surface area contributed by atoms with Crippen LogP contribution in [-0.4, -0.2) is 16.5 Å². The van der Waals surface area contributed by atoms with E-state index < -0.39 is 0 Å². The molecule has 0 bridgehead atoms. The molecule has 1 heterocycles. The number of hydrogen-bond donors (Lipinski definition) is 2. The summed E-state index contributed by atoms with van der Waals surface area (Å²) in [6.45, 7) is 5.13. The molecule has 1 aromatic carbocycles. The Balaban J connectivity index is 2.26. The van der Waals surface area contributed by atoms with Crippen molar-refractivity contribution in [2.75, 3.05) is 6.54 Å². The predicted molar refractivity (Wildman–Crippen MR) is 74.9 cm³/mol. The zero-order valence-corrected chi connectivity index (χ0v) is 11.5. The molecular formula is C14H18ClN3. The van der Waals surface area contributed by atoms with Crippen molar-refractivity contribution in [1.29, 1.82) is 0 Å². The Morgan fingerprint density at radius 3 is 2.94 bits per heavy atom. The van der Waals surface area contributed by atoms with Crippen LogP contribution in [0.25, 0.3) is 0 Å². The van der Waals surface area contributed by atoms with Crippen LogP contribution in [0.3, 0.4) is 0 Å². The van der Waals surface area contributed by atoms with Gasteiger partial charge in [0.25, 0.3) is 0 Å². The molecule has 1 atom stereocenters. The number of nitrogens with zero attached hydrogens (tertiary/aromatic N) is 1. The Morgan fingerprint density at radius 1 is 1.44 bits per heavy atom. The van der Waals surface area contributed by atoms with Crippen molar-refractivity contribution in [3.05, 3.63) is 52.6 Å². The molecule has 2 rings (SSSR count). The van der Waals surface area contributed by atoms with Crippen molar-refractivity contribution >= 4 is 11.6 Å². The van der Waals surface area contributed by atoms with E-state index in [9.17, 15) is 0 Å². The van der Waals surface area contributed by atoms with Crippen molar-refractivity contribution in [2.45, 2.75) is 26.3 Å². The molecule has 96 valence electrons. The number of aryl methyl sites for hydroxylation is 1. The summed E-state index contributed by atoms with van der Waals surface area (Å²) in [4.78, 5) is 7.43. The second-order valence-corrected chi connectivity index (χ2v) is 4.79. The Morgan fingerprint density at radius 2 is 2.28 bits per heavy atom. The van der Waals surface area contributed by atoms with E-state index >= 15 is 0 Å². The minimum Gasteiger partial charge on any atom is -0.349 e. The van der Waals surface area contributed by atoms with Crippen LogP contribution in [0.4, 0.5) is 0 Å². The zero-order valence-electron chi connectivity index (χ0n) is 10.7. The molecule has 2 N–H and O–H groups in total. The summed E-state index contributed by atoms with van der Waals surface area (Å²) in [5.74, 6) is 0.986. The lowest BCUT2D eigenvalue weighted by Crippen LogP contribution is -2.24. The summed E-state index contributed by atoms with van der Waals surface area (Å²) in [6, 6.07) is 6.26. The van der Waals surface area contributed by atoms with Crippen LogP contribution in [0, 0.1) is 6.92 Å². The minimum atomic E-state index is 0.236. The highest BCUT2D eigenvalue weighted by molar-refractivity contribution is 6.30. The number of benzene rings is 1. The second-order valence-electron chi connectivity index (χ2n) is 4.35. The molecule has 0 saturated heterocycles. The maximum atomic E-state index is 6.09. The van der Waals surface area contributed by atoms with Gasteiger partial charge in [-0.25, -0.2) is 4.98 Å². The van der Waals surface area contributed by atoms with Crippen molar-refractivity contribution in [3.8, 4) is 0 Å². The predicted octanol–water partition coefficient (Wildman–Crippen LogP) is 3.26. The van der Waals surface area contributed by atoms with E-state index in [4.69, 9.17) is 11.6 Å². The fourth-order valence-corrected chi connectivity index (χ4v) is 2.31. The first-order valence-electron chi connectivity index (χ1n) is 6.18. The molecule has 18 heavy (non-hydrogen) atoms. The highest BCUT2D eigenvalue weighted by Gasteiger charge is 2.15. The maximum Gasteiger partial charge on any atom is 0.107 e. The molecule has 0 spiro atoms. The van der Waals surface area contributed by atoms with Crippen LogP contribution in [0.5, 0.6) is 0 Å². The van der Waals surface area contributed by atoms with Gasteiger partial charge in [-0.15, -0.1) is 0 Å². The SMILES string of the molecule is CCNC(Cc1ncc[nH]1)c1cc(Cl)ccc1C. The van der Waals surface area contributed by atoms with Gasteiger partial charge in [-0.2, -0.15) is 0 Å². The molecule has 4 heteroatoms. The molecule has 0 fully saturated rings. The Bertz CT molecular complexity index is 494. The molecule has 1 aromatic heterocycles. The summed E-state index contributed by atoms with van der Waals surface area (Å²) in [7, 11) is 0. The first-order chi connectivity index (χ1) is 8.70. The fraction of sp³-hybridized carbons (Fsp3) is 0.357. The number of halogens is 1. The average molecular weight is 264 g/mol. The summed E-state index contributed by atoms with van der Waals surface area (Å²) in [5, 5.41) is 4.26. The molecular weight excluding hydrogens is 246 g/mol. The smallest absolute Gasteiger partial charge is 0.107 e. The maximum absolute atomic E-state index is 6.09. The summed E-state index contributed by atoms with van der Waals surface area (Å²) >= 11 is 6.09. The molecule has 0 aliphatic carbocycles. The summed E-state index contributed by atoms with van der Waals surface area (Å²) in [5.41, 5.74) is 2.48. The topological polar surface area (TPSA) is 40.7 Å². The Labute approximate surface area is 113 Å². The van der Waals surface area contributed by atoms with Crippen molar-refractivity contribution in [1.82, 2.24) is 15.3 Å². The number of aromatic nitrogens is 2. The Hall–Kier alpha value is -1.32. The van der Waals surface area contributed by atoms with Crippen LogP contribution < -0.4 is 5.32 Å². The van der Waals surface area contributed by atoms with Crippen LogP contribution in [0.15, 0.2) is 30.6 Å². The highest BCUT2D eigenvalue weighted by Crippen LogP contribution is 2.24. The van der Waals surface area contributed by atoms with Crippen LogP contribution >= 0.6 is 11.6 Å². The molecule has 3 nitrogen and oxygen atoms in total. The molecule has 0 aliphatic heterocycles. The lowest BCUT2D eigenvalue weighted by atomic mass is 9.98. The van der Waals surface area contributed by atoms with Crippen molar-refractivity contribution in [2.24, 2.45) is 0 Å². The molecule has 0 aliphatic rings. The quantitative estimate of drug-likeness (QED) is 0.869.